The van der Waals surface area contributed by atoms with Gasteiger partial charge in [-0.25, -0.2) is 18.7 Å². The van der Waals surface area contributed by atoms with Gasteiger partial charge in [-0.3, -0.25) is 0 Å². The maximum absolute atomic E-state index is 12.4. The Kier molecular flexibility index (Phi) is 3.69. The molecule has 17 heavy (non-hydrogen) atoms. The first-order valence-electron chi connectivity index (χ1n) is 4.64. The summed E-state index contributed by atoms with van der Waals surface area (Å²) in [6.45, 7) is 0. The topological polar surface area (TPSA) is 25.8 Å². The summed E-state index contributed by atoms with van der Waals surface area (Å²) in [5, 5.41) is 0.285. The van der Waals surface area contributed by atoms with E-state index in [1.807, 2.05) is 0 Å². The van der Waals surface area contributed by atoms with Gasteiger partial charge in [-0.15, -0.1) is 0 Å². The molecule has 1 heterocycles. The Bertz CT molecular complexity index is 531. The van der Waals surface area contributed by atoms with Gasteiger partial charge in [-0.1, -0.05) is 35.9 Å². The fraction of sp³-hybridized carbons (Fsp3) is 0.0909. The monoisotopic (exact) mass is 318 g/mol. The molecule has 0 radical (unpaired) electrons. The fourth-order valence-corrected chi connectivity index (χ4v) is 1.58. The minimum atomic E-state index is -2.47. The number of halogens is 4. The van der Waals surface area contributed by atoms with Gasteiger partial charge in [0.2, 0.25) is 0 Å². The van der Waals surface area contributed by atoms with Gasteiger partial charge in [-0.2, -0.15) is 0 Å². The second-order valence-electron chi connectivity index (χ2n) is 3.26. The first kappa shape index (κ1) is 12.4. The van der Waals surface area contributed by atoms with Crippen LogP contribution in [-0.4, -0.2) is 9.97 Å². The van der Waals surface area contributed by atoms with Crippen molar-refractivity contribution in [2.45, 2.75) is 6.43 Å². The molecule has 0 unspecified atom stereocenters. The van der Waals surface area contributed by atoms with Gasteiger partial charge in [0.1, 0.15) is 5.15 Å². The number of aromatic nitrogens is 2. The normalized spacial score (nSPS) is 10.9. The smallest absolute Gasteiger partial charge is 0.235 e. The highest BCUT2D eigenvalue weighted by Crippen LogP contribution is 2.25. The number of rotatable bonds is 2. The Morgan fingerprint density at radius 2 is 1.82 bits per heavy atom. The van der Waals surface area contributed by atoms with Gasteiger partial charge in [0.25, 0.3) is 6.43 Å². The fourth-order valence-electron chi connectivity index (χ4n) is 1.26. The van der Waals surface area contributed by atoms with Crippen LogP contribution in [0.5, 0.6) is 0 Å². The van der Waals surface area contributed by atoms with E-state index in [1.54, 1.807) is 12.1 Å². The average Bonchev–Trinajstić information content (AvgIpc) is 2.33. The molecule has 0 N–H and O–H groups in total. The van der Waals surface area contributed by atoms with E-state index in [9.17, 15) is 8.78 Å². The third kappa shape index (κ3) is 2.79. The zero-order chi connectivity index (χ0) is 12.4. The number of alkyl halides is 2. The third-order valence-electron chi connectivity index (χ3n) is 2.12. The van der Waals surface area contributed by atoms with Crippen molar-refractivity contribution in [2.75, 3.05) is 0 Å². The summed E-state index contributed by atoms with van der Waals surface area (Å²) < 4.78 is 25.3. The van der Waals surface area contributed by atoms with Crippen molar-refractivity contribution in [3.8, 4) is 11.4 Å². The van der Waals surface area contributed by atoms with Crippen molar-refractivity contribution in [3.63, 3.8) is 0 Å². The lowest BCUT2D eigenvalue weighted by atomic mass is 10.1. The van der Waals surface area contributed by atoms with Crippen LogP contribution in [0.3, 0.4) is 0 Å². The molecular formula is C11H6BrClF2N2. The third-order valence-corrected chi connectivity index (χ3v) is 3.22. The first-order valence-corrected chi connectivity index (χ1v) is 5.81. The maximum atomic E-state index is 12.4. The van der Waals surface area contributed by atoms with Gasteiger partial charge < -0.3 is 0 Å². The largest absolute Gasteiger partial charge is 0.263 e. The van der Waals surface area contributed by atoms with E-state index >= 15 is 0 Å². The Morgan fingerprint density at radius 3 is 2.35 bits per heavy atom. The Hall–Kier alpha value is -1.07. The molecule has 2 rings (SSSR count). The SMILES string of the molecule is FC(F)c1ccc(-c2ncc(Br)c(Cl)n2)cc1. The summed E-state index contributed by atoms with van der Waals surface area (Å²) in [5.41, 5.74) is 0.612. The molecule has 0 saturated carbocycles. The lowest BCUT2D eigenvalue weighted by molar-refractivity contribution is 0.151. The Balaban J connectivity index is 2.36. The van der Waals surface area contributed by atoms with Gasteiger partial charge in [0.15, 0.2) is 5.82 Å². The van der Waals surface area contributed by atoms with E-state index in [4.69, 9.17) is 11.6 Å². The molecule has 0 spiro atoms. The Morgan fingerprint density at radius 1 is 1.18 bits per heavy atom. The highest BCUT2D eigenvalue weighted by molar-refractivity contribution is 9.10. The standard InChI is InChI=1S/C11H6BrClF2N2/c12-8-5-16-11(17-9(8)13)7-3-1-6(2-4-7)10(14)15/h1-5,10H. The summed E-state index contributed by atoms with van der Waals surface area (Å²) in [6, 6.07) is 5.78. The van der Waals surface area contributed by atoms with Gasteiger partial charge >= 0.3 is 0 Å². The van der Waals surface area contributed by atoms with Crippen LogP contribution in [0.25, 0.3) is 11.4 Å². The molecule has 0 fully saturated rings. The summed E-state index contributed by atoms with van der Waals surface area (Å²) in [7, 11) is 0. The van der Waals surface area contributed by atoms with Gasteiger partial charge in [0, 0.05) is 17.3 Å². The van der Waals surface area contributed by atoms with Crippen LogP contribution in [0, 0.1) is 0 Å². The quantitative estimate of drug-likeness (QED) is 0.762. The second-order valence-corrected chi connectivity index (χ2v) is 4.47. The van der Waals surface area contributed by atoms with Crippen LogP contribution in [-0.2, 0) is 0 Å². The number of hydrogen-bond donors (Lipinski definition) is 0. The predicted molar refractivity (Wildman–Crippen MR) is 65.1 cm³/mol. The summed E-state index contributed by atoms with van der Waals surface area (Å²) >= 11 is 9.00. The highest BCUT2D eigenvalue weighted by Gasteiger charge is 2.08. The average molecular weight is 320 g/mol. The van der Waals surface area contributed by atoms with Crippen LogP contribution < -0.4 is 0 Å². The van der Waals surface area contributed by atoms with Crippen molar-refractivity contribution in [1.29, 1.82) is 0 Å². The molecule has 0 saturated heterocycles. The van der Waals surface area contributed by atoms with Crippen LogP contribution >= 0.6 is 27.5 Å². The number of nitrogens with zero attached hydrogens (tertiary/aromatic N) is 2. The van der Waals surface area contributed by atoms with Crippen LogP contribution in [0.1, 0.15) is 12.0 Å². The molecule has 0 amide bonds. The van der Waals surface area contributed by atoms with Gasteiger partial charge in [-0.05, 0) is 15.9 Å². The molecule has 0 aliphatic rings. The van der Waals surface area contributed by atoms with E-state index in [2.05, 4.69) is 25.9 Å². The van der Waals surface area contributed by atoms with Crippen LogP contribution in [0.15, 0.2) is 34.9 Å². The molecule has 0 aliphatic heterocycles. The molecule has 1 aromatic carbocycles. The first-order chi connectivity index (χ1) is 8.08. The summed E-state index contributed by atoms with van der Waals surface area (Å²) in [5.74, 6) is 0.402. The van der Waals surface area contributed by atoms with Gasteiger partial charge in [0.05, 0.1) is 4.47 Å². The maximum Gasteiger partial charge on any atom is 0.263 e. The molecule has 1 aromatic heterocycles. The van der Waals surface area contributed by atoms with Crippen LogP contribution in [0.2, 0.25) is 5.15 Å². The second kappa shape index (κ2) is 5.06. The molecule has 0 aliphatic carbocycles. The predicted octanol–water partition coefficient (Wildman–Crippen LogP) is 4.50. The number of benzene rings is 1. The molecule has 2 nitrogen and oxygen atoms in total. The zero-order valence-corrected chi connectivity index (χ0v) is 10.7. The Labute approximate surface area is 110 Å². The lowest BCUT2D eigenvalue weighted by Gasteiger charge is -2.03. The van der Waals surface area contributed by atoms with E-state index in [1.165, 1.54) is 18.3 Å². The van der Waals surface area contributed by atoms with E-state index in [-0.39, 0.29) is 10.7 Å². The molecule has 0 bridgehead atoms. The van der Waals surface area contributed by atoms with Crippen LogP contribution in [0.4, 0.5) is 8.78 Å². The van der Waals surface area contributed by atoms with Crippen molar-refractivity contribution in [1.82, 2.24) is 9.97 Å². The highest BCUT2D eigenvalue weighted by atomic mass is 79.9. The van der Waals surface area contributed by atoms with Crippen molar-refractivity contribution in [3.05, 3.63) is 45.7 Å². The zero-order valence-electron chi connectivity index (χ0n) is 8.37. The minimum absolute atomic E-state index is 0.0306. The number of hydrogen-bond acceptors (Lipinski definition) is 2. The molecule has 88 valence electrons. The molecule has 6 heteroatoms. The van der Waals surface area contributed by atoms with Crippen molar-refractivity contribution < 1.29 is 8.78 Å². The van der Waals surface area contributed by atoms with Crippen molar-refractivity contribution in [2.24, 2.45) is 0 Å². The molecule has 2 aromatic rings. The lowest BCUT2D eigenvalue weighted by Crippen LogP contribution is -1.91. The minimum Gasteiger partial charge on any atom is -0.235 e. The summed E-state index contributed by atoms with van der Waals surface area (Å²) in [4.78, 5) is 8.09. The molecular weight excluding hydrogens is 313 g/mol. The van der Waals surface area contributed by atoms with E-state index in [0.717, 1.165) is 0 Å². The van der Waals surface area contributed by atoms with E-state index < -0.39 is 6.43 Å². The van der Waals surface area contributed by atoms with E-state index in [0.29, 0.717) is 15.9 Å². The molecule has 0 atom stereocenters. The van der Waals surface area contributed by atoms with Crippen molar-refractivity contribution >= 4 is 27.5 Å². The summed E-state index contributed by atoms with van der Waals surface area (Å²) in [6.07, 6.45) is -0.954.